The molecule has 1 unspecified atom stereocenters. The van der Waals surface area contributed by atoms with E-state index in [2.05, 4.69) is 17.1 Å². The molecule has 1 amide bonds. The number of aromatic amines is 1. The molecule has 1 fully saturated rings. The Kier molecular flexibility index (Phi) is 3.45. The number of carbonyl (C=O) groups excluding carboxylic acids is 1. The second kappa shape index (κ2) is 5.15. The highest BCUT2D eigenvalue weighted by Gasteiger charge is 2.37. The molecule has 1 aliphatic rings. The molecule has 5 heteroatoms. The summed E-state index contributed by atoms with van der Waals surface area (Å²) in [5.74, 6) is 0.00618. The highest BCUT2D eigenvalue weighted by molar-refractivity contribution is 6.04. The molecule has 0 aliphatic carbocycles. The molecule has 1 aromatic carbocycles. The molecule has 2 heterocycles. The molecule has 5 nitrogen and oxygen atoms in total. The monoisotopic (exact) mass is 287 g/mol. The molecule has 0 spiro atoms. The van der Waals surface area contributed by atoms with E-state index in [9.17, 15) is 4.79 Å². The Morgan fingerprint density at radius 1 is 1.52 bits per heavy atom. The summed E-state index contributed by atoms with van der Waals surface area (Å²) in [5, 5.41) is 8.07. The van der Waals surface area contributed by atoms with Gasteiger partial charge in [-0.2, -0.15) is 5.10 Å². The maximum atomic E-state index is 12.7. The van der Waals surface area contributed by atoms with Gasteiger partial charge in [0.1, 0.15) is 0 Å². The average Bonchev–Trinajstić information content (AvgIpc) is 3.02. The maximum absolute atomic E-state index is 12.7. The number of nitrogens with one attached hydrogen (secondary N) is 1. The van der Waals surface area contributed by atoms with Crippen LogP contribution in [-0.2, 0) is 4.74 Å². The highest BCUT2D eigenvalue weighted by Crippen LogP contribution is 2.31. The van der Waals surface area contributed by atoms with Gasteiger partial charge in [-0.25, -0.2) is 0 Å². The summed E-state index contributed by atoms with van der Waals surface area (Å²) in [6.45, 7) is 6.35. The molecule has 1 aliphatic heterocycles. The van der Waals surface area contributed by atoms with Crippen LogP contribution in [0.15, 0.2) is 18.2 Å². The Balaban J connectivity index is 1.86. The number of likely N-dealkylation sites (tertiary alicyclic amines) is 1. The maximum Gasteiger partial charge on any atom is 0.275 e. The van der Waals surface area contributed by atoms with Crippen molar-refractivity contribution in [1.29, 1.82) is 0 Å². The van der Waals surface area contributed by atoms with Crippen LogP contribution in [0.3, 0.4) is 0 Å². The lowest BCUT2D eigenvalue weighted by molar-refractivity contribution is 0.0707. The van der Waals surface area contributed by atoms with Gasteiger partial charge < -0.3 is 9.64 Å². The topological polar surface area (TPSA) is 58.2 Å². The lowest BCUT2D eigenvalue weighted by Crippen LogP contribution is -2.33. The largest absolute Gasteiger partial charge is 0.384 e. The minimum atomic E-state index is 0.00618. The van der Waals surface area contributed by atoms with Gasteiger partial charge in [0.15, 0.2) is 5.69 Å². The number of benzene rings is 1. The normalized spacial score (nSPS) is 22.1. The van der Waals surface area contributed by atoms with E-state index in [1.807, 2.05) is 30.0 Å². The van der Waals surface area contributed by atoms with E-state index in [0.717, 1.165) is 36.0 Å². The van der Waals surface area contributed by atoms with Gasteiger partial charge in [0.2, 0.25) is 0 Å². The van der Waals surface area contributed by atoms with E-state index >= 15 is 0 Å². The molecule has 2 aromatic rings. The molecule has 112 valence electrons. The minimum Gasteiger partial charge on any atom is -0.384 e. The number of H-pyrrole nitrogens is 1. The third kappa shape index (κ3) is 2.53. The number of aromatic nitrogens is 2. The van der Waals surface area contributed by atoms with E-state index in [1.165, 1.54) is 0 Å². The van der Waals surface area contributed by atoms with Crippen LogP contribution in [0.25, 0.3) is 10.9 Å². The number of hydrogen-bond donors (Lipinski definition) is 1. The fraction of sp³-hybridized carbons (Fsp3) is 0.500. The molecule has 3 rings (SSSR count). The second-order valence-corrected chi connectivity index (χ2v) is 6.34. The summed E-state index contributed by atoms with van der Waals surface area (Å²) in [6, 6.07) is 5.99. The number of hydrogen-bond acceptors (Lipinski definition) is 3. The Bertz CT molecular complexity index is 679. The van der Waals surface area contributed by atoms with Gasteiger partial charge in [-0.05, 0) is 25.5 Å². The van der Waals surface area contributed by atoms with Crippen LogP contribution in [0, 0.1) is 12.3 Å². The average molecular weight is 287 g/mol. The molecule has 1 aromatic heterocycles. The van der Waals surface area contributed by atoms with Crippen molar-refractivity contribution >= 4 is 16.8 Å². The zero-order valence-electron chi connectivity index (χ0n) is 12.8. The van der Waals surface area contributed by atoms with Crippen LogP contribution in [0.2, 0.25) is 0 Å². The van der Waals surface area contributed by atoms with Crippen LogP contribution in [-0.4, -0.2) is 47.8 Å². The van der Waals surface area contributed by atoms with Crippen LogP contribution in [0.1, 0.15) is 29.4 Å². The van der Waals surface area contributed by atoms with Gasteiger partial charge in [-0.1, -0.05) is 18.6 Å². The Hall–Kier alpha value is -1.88. The first-order valence-electron chi connectivity index (χ1n) is 7.25. The molecular weight excluding hydrogens is 266 g/mol. The molecule has 1 atom stereocenters. The van der Waals surface area contributed by atoms with Crippen molar-refractivity contribution in [2.75, 3.05) is 26.8 Å². The van der Waals surface area contributed by atoms with Crippen molar-refractivity contribution in [3.05, 3.63) is 29.5 Å². The molecule has 0 radical (unpaired) electrons. The first-order chi connectivity index (χ1) is 10.0. The second-order valence-electron chi connectivity index (χ2n) is 6.34. The third-order valence-corrected chi connectivity index (χ3v) is 4.26. The van der Waals surface area contributed by atoms with Crippen LogP contribution >= 0.6 is 0 Å². The summed E-state index contributed by atoms with van der Waals surface area (Å²) in [4.78, 5) is 14.6. The molecule has 1 N–H and O–H groups in total. The fourth-order valence-corrected chi connectivity index (χ4v) is 3.10. The summed E-state index contributed by atoms with van der Waals surface area (Å²) < 4.78 is 5.27. The number of methoxy groups -OCH3 is 1. The van der Waals surface area contributed by atoms with E-state index in [4.69, 9.17) is 4.74 Å². The van der Waals surface area contributed by atoms with Crippen molar-refractivity contribution in [3.63, 3.8) is 0 Å². The molecule has 0 bridgehead atoms. The van der Waals surface area contributed by atoms with Crippen molar-refractivity contribution < 1.29 is 9.53 Å². The summed E-state index contributed by atoms with van der Waals surface area (Å²) in [7, 11) is 1.71. The number of amides is 1. The van der Waals surface area contributed by atoms with E-state index < -0.39 is 0 Å². The lowest BCUT2D eigenvalue weighted by atomic mass is 9.91. The standard InChI is InChI=1S/C16H21N3O2/c1-11-4-5-13-12(8-11)14(18-17-13)15(20)19-7-6-16(2,9-19)10-21-3/h4-5,8H,6-7,9-10H2,1-3H3,(H,17,18). The van der Waals surface area contributed by atoms with E-state index in [0.29, 0.717) is 12.3 Å². The summed E-state index contributed by atoms with van der Waals surface area (Å²) in [5.41, 5.74) is 2.61. The van der Waals surface area contributed by atoms with Gasteiger partial charge >= 0.3 is 0 Å². The lowest BCUT2D eigenvalue weighted by Gasteiger charge is -2.23. The van der Waals surface area contributed by atoms with Crippen molar-refractivity contribution in [3.8, 4) is 0 Å². The molecule has 0 saturated carbocycles. The predicted octanol–water partition coefficient (Wildman–Crippen LogP) is 2.37. The first-order valence-corrected chi connectivity index (χ1v) is 7.25. The number of carbonyl (C=O) groups is 1. The quantitative estimate of drug-likeness (QED) is 0.943. The summed E-state index contributed by atoms with van der Waals surface area (Å²) >= 11 is 0. The fourth-order valence-electron chi connectivity index (χ4n) is 3.10. The van der Waals surface area contributed by atoms with E-state index in [-0.39, 0.29) is 11.3 Å². The van der Waals surface area contributed by atoms with Gasteiger partial charge in [-0.15, -0.1) is 0 Å². The highest BCUT2D eigenvalue weighted by atomic mass is 16.5. The Morgan fingerprint density at radius 3 is 3.10 bits per heavy atom. The number of nitrogens with zero attached hydrogens (tertiary/aromatic N) is 2. The van der Waals surface area contributed by atoms with Gasteiger partial charge in [-0.3, -0.25) is 9.89 Å². The first kappa shape index (κ1) is 14.1. The zero-order chi connectivity index (χ0) is 15.0. The molecule has 1 saturated heterocycles. The minimum absolute atomic E-state index is 0.00618. The smallest absolute Gasteiger partial charge is 0.275 e. The molecular formula is C16H21N3O2. The molecule has 21 heavy (non-hydrogen) atoms. The van der Waals surface area contributed by atoms with Crippen molar-refractivity contribution in [2.24, 2.45) is 5.41 Å². The SMILES string of the molecule is COCC1(C)CCN(C(=O)c2n[nH]c3ccc(C)cc23)C1. The van der Waals surface area contributed by atoms with Crippen molar-refractivity contribution in [1.82, 2.24) is 15.1 Å². The number of rotatable bonds is 3. The number of fused-ring (bicyclic) bond motifs is 1. The van der Waals surface area contributed by atoms with Crippen molar-refractivity contribution in [2.45, 2.75) is 20.3 Å². The van der Waals surface area contributed by atoms with Gasteiger partial charge in [0, 0.05) is 31.0 Å². The van der Waals surface area contributed by atoms with Crippen LogP contribution in [0.4, 0.5) is 0 Å². The number of aryl methyl sites for hydroxylation is 1. The zero-order valence-corrected chi connectivity index (χ0v) is 12.8. The van der Waals surface area contributed by atoms with E-state index in [1.54, 1.807) is 7.11 Å². The third-order valence-electron chi connectivity index (χ3n) is 4.26. The van der Waals surface area contributed by atoms with Gasteiger partial charge in [0.25, 0.3) is 5.91 Å². The van der Waals surface area contributed by atoms with Crippen LogP contribution in [0.5, 0.6) is 0 Å². The Morgan fingerprint density at radius 2 is 2.33 bits per heavy atom. The number of ether oxygens (including phenoxy) is 1. The Labute approximate surface area is 124 Å². The van der Waals surface area contributed by atoms with Gasteiger partial charge in [0.05, 0.1) is 12.1 Å². The predicted molar refractivity (Wildman–Crippen MR) is 81.3 cm³/mol. The summed E-state index contributed by atoms with van der Waals surface area (Å²) in [6.07, 6.45) is 0.966. The van der Waals surface area contributed by atoms with Crippen LogP contribution < -0.4 is 0 Å².